The third-order valence-corrected chi connectivity index (χ3v) is 5.94. The Morgan fingerprint density at radius 1 is 1.13 bits per heavy atom. The molecule has 3 aliphatic carbocycles. The Bertz CT molecular complexity index is 317. The summed E-state index contributed by atoms with van der Waals surface area (Å²) in [4.78, 5) is 1.65. The van der Waals surface area contributed by atoms with Crippen molar-refractivity contribution < 1.29 is 0 Å². The van der Waals surface area contributed by atoms with Crippen LogP contribution in [0.1, 0.15) is 43.4 Å². The molecule has 1 N–H and O–H groups in total. The van der Waals surface area contributed by atoms with Crippen LogP contribution in [-0.4, -0.2) is 12.6 Å². The number of thiophene rings is 1. The normalized spacial score (nSPS) is 39.5. The summed E-state index contributed by atoms with van der Waals surface area (Å²) in [5.41, 5.74) is 1.06. The Morgan fingerprint density at radius 2 is 1.80 bits per heavy atom. The molecule has 1 heterocycles. The van der Waals surface area contributed by atoms with Gasteiger partial charge in [-0.1, -0.05) is 6.07 Å². The van der Waals surface area contributed by atoms with Gasteiger partial charge in [0.1, 0.15) is 0 Å². The van der Waals surface area contributed by atoms with Crippen LogP contribution in [0.4, 0.5) is 0 Å². The van der Waals surface area contributed by atoms with E-state index in [9.17, 15) is 0 Å². The second-order valence-electron chi connectivity index (χ2n) is 5.29. The summed E-state index contributed by atoms with van der Waals surface area (Å²) in [5.74, 6) is 0. The molecule has 82 valence electrons. The summed E-state index contributed by atoms with van der Waals surface area (Å²) < 4.78 is 0. The highest BCUT2D eigenvalue weighted by Crippen LogP contribution is 2.54. The molecule has 2 bridgehead atoms. The molecule has 3 aliphatic rings. The van der Waals surface area contributed by atoms with Gasteiger partial charge in [0.25, 0.3) is 0 Å². The van der Waals surface area contributed by atoms with Crippen LogP contribution in [0, 0.1) is 0 Å². The summed E-state index contributed by atoms with van der Waals surface area (Å²) in [6.07, 6.45) is 8.32. The van der Waals surface area contributed by atoms with Crippen LogP contribution in [0.2, 0.25) is 0 Å². The number of hydrogen-bond donors (Lipinski definition) is 1. The molecule has 0 aliphatic heterocycles. The van der Waals surface area contributed by atoms with E-state index < -0.39 is 0 Å². The zero-order valence-corrected chi connectivity index (χ0v) is 10.2. The first kappa shape index (κ1) is 9.86. The Kier molecular flexibility index (Phi) is 2.18. The molecule has 0 aromatic carbocycles. The standard InChI is InChI=1S/C13H19NS/c1-14-13-7-4-12(5-8-13,6-9-13)11-3-2-10-15-11/h2-3,10,14H,4-9H2,1H3. The van der Waals surface area contributed by atoms with Crippen molar-refractivity contribution in [3.05, 3.63) is 22.4 Å². The van der Waals surface area contributed by atoms with Crippen LogP contribution >= 0.6 is 11.3 Å². The molecule has 15 heavy (non-hydrogen) atoms. The minimum atomic E-state index is 0.499. The Hall–Kier alpha value is -0.340. The van der Waals surface area contributed by atoms with E-state index in [0.29, 0.717) is 11.0 Å². The van der Waals surface area contributed by atoms with Crippen LogP contribution in [-0.2, 0) is 5.41 Å². The SMILES string of the molecule is CNC12CCC(c3cccs3)(CC1)CC2. The number of rotatable bonds is 2. The first-order valence-corrected chi connectivity index (χ1v) is 6.90. The van der Waals surface area contributed by atoms with E-state index >= 15 is 0 Å². The molecule has 0 radical (unpaired) electrons. The van der Waals surface area contributed by atoms with Crippen molar-refractivity contribution in [3.8, 4) is 0 Å². The van der Waals surface area contributed by atoms with Crippen molar-refractivity contribution in [2.75, 3.05) is 7.05 Å². The van der Waals surface area contributed by atoms with Gasteiger partial charge in [-0.15, -0.1) is 11.3 Å². The van der Waals surface area contributed by atoms with E-state index in [1.165, 1.54) is 38.5 Å². The predicted molar refractivity (Wildman–Crippen MR) is 65.5 cm³/mol. The maximum atomic E-state index is 3.57. The van der Waals surface area contributed by atoms with Crippen LogP contribution < -0.4 is 5.32 Å². The minimum Gasteiger partial charge on any atom is -0.314 e. The highest BCUT2D eigenvalue weighted by Gasteiger charge is 2.48. The number of fused-ring (bicyclic) bond motifs is 3. The van der Waals surface area contributed by atoms with Crippen molar-refractivity contribution in [2.45, 2.75) is 49.5 Å². The molecule has 3 saturated carbocycles. The summed E-state index contributed by atoms with van der Waals surface area (Å²) in [7, 11) is 2.14. The fourth-order valence-corrected chi connectivity index (χ4v) is 4.53. The van der Waals surface area contributed by atoms with E-state index in [1.807, 2.05) is 11.3 Å². The van der Waals surface area contributed by atoms with Crippen molar-refractivity contribution in [1.82, 2.24) is 5.32 Å². The Balaban J connectivity index is 1.88. The fourth-order valence-electron chi connectivity index (χ4n) is 3.51. The molecule has 1 aromatic heterocycles. The molecule has 1 nitrogen and oxygen atoms in total. The molecule has 0 amide bonds. The third kappa shape index (κ3) is 1.38. The number of hydrogen-bond acceptors (Lipinski definition) is 2. The number of nitrogens with one attached hydrogen (secondary N) is 1. The summed E-state index contributed by atoms with van der Waals surface area (Å²) in [5, 5.41) is 5.81. The van der Waals surface area contributed by atoms with Gasteiger partial charge in [-0.25, -0.2) is 0 Å². The van der Waals surface area contributed by atoms with Crippen LogP contribution in [0.25, 0.3) is 0 Å². The second kappa shape index (κ2) is 3.33. The van der Waals surface area contributed by atoms with Crippen molar-refractivity contribution in [3.63, 3.8) is 0 Å². The zero-order chi connectivity index (χ0) is 10.4. The molecule has 0 atom stereocenters. The first-order chi connectivity index (χ1) is 7.29. The molecular weight excluding hydrogens is 202 g/mol. The lowest BCUT2D eigenvalue weighted by Gasteiger charge is -2.53. The van der Waals surface area contributed by atoms with E-state index in [-0.39, 0.29) is 0 Å². The lowest BCUT2D eigenvalue weighted by Crippen LogP contribution is -2.54. The van der Waals surface area contributed by atoms with Gasteiger partial charge in [-0.05, 0) is 57.0 Å². The molecule has 3 fully saturated rings. The van der Waals surface area contributed by atoms with Crippen LogP contribution in [0.5, 0.6) is 0 Å². The minimum absolute atomic E-state index is 0.499. The first-order valence-electron chi connectivity index (χ1n) is 6.02. The van der Waals surface area contributed by atoms with Gasteiger partial charge in [0.2, 0.25) is 0 Å². The smallest absolute Gasteiger partial charge is 0.0179 e. The van der Waals surface area contributed by atoms with E-state index in [2.05, 4.69) is 29.9 Å². The molecule has 2 heteroatoms. The maximum Gasteiger partial charge on any atom is 0.0179 e. The van der Waals surface area contributed by atoms with Gasteiger partial charge in [0, 0.05) is 15.8 Å². The van der Waals surface area contributed by atoms with Gasteiger partial charge in [-0.3, -0.25) is 0 Å². The van der Waals surface area contributed by atoms with Gasteiger partial charge >= 0.3 is 0 Å². The van der Waals surface area contributed by atoms with Crippen LogP contribution in [0.15, 0.2) is 17.5 Å². The Labute approximate surface area is 95.9 Å². The quantitative estimate of drug-likeness (QED) is 0.808. The van der Waals surface area contributed by atoms with E-state index in [0.717, 1.165) is 0 Å². The summed E-state index contributed by atoms with van der Waals surface area (Å²) in [6, 6.07) is 4.56. The maximum absolute atomic E-state index is 3.57. The molecule has 0 spiro atoms. The molecular formula is C13H19NS. The van der Waals surface area contributed by atoms with E-state index in [1.54, 1.807) is 4.88 Å². The average Bonchev–Trinajstić information content (AvgIpc) is 2.86. The van der Waals surface area contributed by atoms with Gasteiger partial charge in [-0.2, -0.15) is 0 Å². The molecule has 0 saturated heterocycles. The summed E-state index contributed by atoms with van der Waals surface area (Å²) in [6.45, 7) is 0. The third-order valence-electron chi connectivity index (χ3n) is 4.82. The lowest BCUT2D eigenvalue weighted by atomic mass is 9.57. The largest absolute Gasteiger partial charge is 0.314 e. The monoisotopic (exact) mass is 221 g/mol. The second-order valence-corrected chi connectivity index (χ2v) is 6.24. The molecule has 4 rings (SSSR count). The predicted octanol–water partition coefficient (Wildman–Crippen LogP) is 3.31. The highest BCUT2D eigenvalue weighted by atomic mass is 32.1. The molecule has 0 unspecified atom stereocenters. The van der Waals surface area contributed by atoms with E-state index in [4.69, 9.17) is 0 Å². The van der Waals surface area contributed by atoms with Gasteiger partial charge in [0.15, 0.2) is 0 Å². The lowest BCUT2D eigenvalue weighted by molar-refractivity contribution is 0.0856. The summed E-state index contributed by atoms with van der Waals surface area (Å²) >= 11 is 1.96. The van der Waals surface area contributed by atoms with Crippen molar-refractivity contribution >= 4 is 11.3 Å². The Morgan fingerprint density at radius 3 is 2.27 bits per heavy atom. The van der Waals surface area contributed by atoms with Crippen LogP contribution in [0.3, 0.4) is 0 Å². The van der Waals surface area contributed by atoms with Crippen molar-refractivity contribution in [1.29, 1.82) is 0 Å². The van der Waals surface area contributed by atoms with Crippen molar-refractivity contribution in [2.24, 2.45) is 0 Å². The fraction of sp³-hybridized carbons (Fsp3) is 0.692. The van der Waals surface area contributed by atoms with Gasteiger partial charge in [0.05, 0.1) is 0 Å². The zero-order valence-electron chi connectivity index (χ0n) is 9.38. The molecule has 1 aromatic rings. The average molecular weight is 221 g/mol. The topological polar surface area (TPSA) is 12.0 Å². The highest BCUT2D eigenvalue weighted by molar-refractivity contribution is 7.10. The van der Waals surface area contributed by atoms with Gasteiger partial charge < -0.3 is 5.32 Å².